The van der Waals surface area contributed by atoms with Gasteiger partial charge in [0.15, 0.2) is 0 Å². The molecule has 1 aromatic carbocycles. The number of hydrogen-bond acceptors (Lipinski definition) is 1. The van der Waals surface area contributed by atoms with Gasteiger partial charge in [0.2, 0.25) is 0 Å². The van der Waals surface area contributed by atoms with Crippen LogP contribution in [0.2, 0.25) is 0 Å². The Morgan fingerprint density at radius 2 is 1.87 bits per heavy atom. The minimum Gasteiger partial charge on any atom is -0.490 e. The topological polar surface area (TPSA) is 9.23 Å². The standard InChI is InChI=1S/C14H22O/c1-6-14(4,5)12(3)15-13-10-8-7-9-11(13)2/h7-10,12H,6H2,1-5H3. The number of para-hydroxylation sites is 1. The van der Waals surface area contributed by atoms with Crippen molar-refractivity contribution in [3.8, 4) is 5.75 Å². The van der Waals surface area contributed by atoms with E-state index in [2.05, 4.69) is 40.7 Å². The lowest BCUT2D eigenvalue weighted by Crippen LogP contribution is -2.31. The Morgan fingerprint density at radius 1 is 1.27 bits per heavy atom. The summed E-state index contributed by atoms with van der Waals surface area (Å²) in [4.78, 5) is 0. The van der Waals surface area contributed by atoms with Crippen LogP contribution in [0.3, 0.4) is 0 Å². The van der Waals surface area contributed by atoms with Crippen molar-refractivity contribution in [3.05, 3.63) is 29.8 Å². The van der Waals surface area contributed by atoms with Crippen molar-refractivity contribution in [1.29, 1.82) is 0 Å². The summed E-state index contributed by atoms with van der Waals surface area (Å²) >= 11 is 0. The number of benzene rings is 1. The van der Waals surface area contributed by atoms with Gasteiger partial charge in [-0.2, -0.15) is 0 Å². The first-order valence-electron chi connectivity index (χ1n) is 5.69. The van der Waals surface area contributed by atoms with Crippen LogP contribution in [0, 0.1) is 12.3 Å². The molecule has 0 spiro atoms. The molecule has 0 radical (unpaired) electrons. The zero-order valence-corrected chi connectivity index (χ0v) is 10.5. The van der Waals surface area contributed by atoms with Crippen molar-refractivity contribution in [2.75, 3.05) is 0 Å². The first kappa shape index (κ1) is 12.1. The Hall–Kier alpha value is -0.980. The molecule has 0 aliphatic rings. The highest BCUT2D eigenvalue weighted by atomic mass is 16.5. The maximum absolute atomic E-state index is 6.00. The zero-order valence-electron chi connectivity index (χ0n) is 10.5. The third-order valence-electron chi connectivity index (χ3n) is 3.41. The third kappa shape index (κ3) is 2.98. The van der Waals surface area contributed by atoms with Crippen LogP contribution in [-0.4, -0.2) is 6.10 Å². The summed E-state index contributed by atoms with van der Waals surface area (Å²) in [6, 6.07) is 8.18. The zero-order chi connectivity index (χ0) is 11.5. The molecule has 15 heavy (non-hydrogen) atoms. The summed E-state index contributed by atoms with van der Waals surface area (Å²) in [7, 11) is 0. The molecule has 1 unspecified atom stereocenters. The smallest absolute Gasteiger partial charge is 0.122 e. The van der Waals surface area contributed by atoms with Crippen LogP contribution in [0.25, 0.3) is 0 Å². The average molecular weight is 206 g/mol. The minimum atomic E-state index is 0.224. The minimum absolute atomic E-state index is 0.224. The summed E-state index contributed by atoms with van der Waals surface area (Å²) in [6.07, 6.45) is 1.36. The van der Waals surface area contributed by atoms with E-state index in [1.807, 2.05) is 18.2 Å². The highest BCUT2D eigenvalue weighted by Crippen LogP contribution is 2.29. The van der Waals surface area contributed by atoms with Gasteiger partial charge < -0.3 is 4.74 Å². The van der Waals surface area contributed by atoms with Gasteiger partial charge in [-0.15, -0.1) is 0 Å². The summed E-state index contributed by atoms with van der Waals surface area (Å²) in [5, 5.41) is 0. The van der Waals surface area contributed by atoms with E-state index in [1.165, 1.54) is 5.56 Å². The Balaban J connectivity index is 2.75. The molecule has 0 aliphatic carbocycles. The van der Waals surface area contributed by atoms with Crippen LogP contribution < -0.4 is 4.74 Å². The van der Waals surface area contributed by atoms with Crippen LogP contribution in [0.5, 0.6) is 5.75 Å². The summed E-state index contributed by atoms with van der Waals surface area (Å²) < 4.78 is 6.00. The van der Waals surface area contributed by atoms with E-state index < -0.39 is 0 Å². The average Bonchev–Trinajstić information content (AvgIpc) is 2.21. The molecular formula is C14H22O. The maximum Gasteiger partial charge on any atom is 0.122 e. The Morgan fingerprint density at radius 3 is 2.40 bits per heavy atom. The van der Waals surface area contributed by atoms with Crippen molar-refractivity contribution in [2.24, 2.45) is 5.41 Å². The van der Waals surface area contributed by atoms with E-state index in [0.29, 0.717) is 0 Å². The van der Waals surface area contributed by atoms with E-state index in [-0.39, 0.29) is 11.5 Å². The first-order chi connectivity index (χ1) is 6.97. The molecule has 0 N–H and O–H groups in total. The van der Waals surface area contributed by atoms with Crippen LogP contribution in [-0.2, 0) is 0 Å². The van der Waals surface area contributed by atoms with Crippen LogP contribution >= 0.6 is 0 Å². The number of hydrogen-bond donors (Lipinski definition) is 0. The first-order valence-corrected chi connectivity index (χ1v) is 5.69. The third-order valence-corrected chi connectivity index (χ3v) is 3.41. The maximum atomic E-state index is 6.00. The van der Waals surface area contributed by atoms with Gasteiger partial charge in [-0.05, 0) is 31.9 Å². The molecule has 84 valence electrons. The number of aryl methyl sites for hydroxylation is 1. The van der Waals surface area contributed by atoms with Crippen molar-refractivity contribution in [3.63, 3.8) is 0 Å². The predicted molar refractivity (Wildman–Crippen MR) is 65.3 cm³/mol. The molecule has 1 heteroatoms. The lowest BCUT2D eigenvalue weighted by atomic mass is 9.85. The largest absolute Gasteiger partial charge is 0.490 e. The van der Waals surface area contributed by atoms with Crippen LogP contribution in [0.15, 0.2) is 24.3 Å². The van der Waals surface area contributed by atoms with Gasteiger partial charge in [-0.1, -0.05) is 39.0 Å². The van der Waals surface area contributed by atoms with Gasteiger partial charge in [0.05, 0.1) is 0 Å². The fourth-order valence-corrected chi connectivity index (χ4v) is 1.33. The lowest BCUT2D eigenvalue weighted by Gasteiger charge is -2.31. The monoisotopic (exact) mass is 206 g/mol. The Labute approximate surface area is 93.5 Å². The van der Waals surface area contributed by atoms with E-state index in [0.717, 1.165) is 12.2 Å². The second-order valence-electron chi connectivity index (χ2n) is 4.87. The molecule has 0 amide bonds. The van der Waals surface area contributed by atoms with Gasteiger partial charge in [0.1, 0.15) is 11.9 Å². The SMILES string of the molecule is CCC(C)(C)C(C)Oc1ccccc1C. The van der Waals surface area contributed by atoms with E-state index in [1.54, 1.807) is 0 Å². The molecule has 1 atom stereocenters. The van der Waals surface area contributed by atoms with Crippen molar-refractivity contribution < 1.29 is 4.74 Å². The molecule has 0 aromatic heterocycles. The lowest BCUT2D eigenvalue weighted by molar-refractivity contribution is 0.0851. The predicted octanol–water partition coefficient (Wildman–Crippen LogP) is 4.20. The van der Waals surface area contributed by atoms with Crippen LogP contribution in [0.1, 0.15) is 39.7 Å². The Kier molecular flexibility index (Phi) is 3.78. The Bertz CT molecular complexity index is 315. The second-order valence-corrected chi connectivity index (χ2v) is 4.87. The van der Waals surface area contributed by atoms with E-state index in [4.69, 9.17) is 4.74 Å². The molecule has 0 fully saturated rings. The summed E-state index contributed by atoms with van der Waals surface area (Å²) in [6.45, 7) is 10.9. The molecule has 0 bridgehead atoms. The number of ether oxygens (including phenoxy) is 1. The van der Waals surface area contributed by atoms with Gasteiger partial charge >= 0.3 is 0 Å². The number of rotatable bonds is 4. The molecule has 0 heterocycles. The summed E-state index contributed by atoms with van der Waals surface area (Å²) in [5.74, 6) is 1.01. The van der Waals surface area contributed by atoms with Crippen molar-refractivity contribution in [1.82, 2.24) is 0 Å². The van der Waals surface area contributed by atoms with E-state index in [9.17, 15) is 0 Å². The fraction of sp³-hybridized carbons (Fsp3) is 0.571. The molecule has 0 saturated heterocycles. The summed E-state index contributed by atoms with van der Waals surface area (Å²) in [5.41, 5.74) is 1.43. The molecule has 0 aliphatic heterocycles. The van der Waals surface area contributed by atoms with E-state index >= 15 is 0 Å². The molecule has 1 rings (SSSR count). The molecule has 0 saturated carbocycles. The van der Waals surface area contributed by atoms with Crippen LogP contribution in [0.4, 0.5) is 0 Å². The van der Waals surface area contributed by atoms with Gasteiger partial charge in [0.25, 0.3) is 0 Å². The van der Waals surface area contributed by atoms with Gasteiger partial charge in [-0.3, -0.25) is 0 Å². The second kappa shape index (κ2) is 4.69. The molecule has 1 aromatic rings. The van der Waals surface area contributed by atoms with Gasteiger partial charge in [0, 0.05) is 5.41 Å². The van der Waals surface area contributed by atoms with Crippen molar-refractivity contribution in [2.45, 2.75) is 47.1 Å². The quantitative estimate of drug-likeness (QED) is 0.717. The normalized spacial score (nSPS) is 13.7. The van der Waals surface area contributed by atoms with Crippen molar-refractivity contribution >= 4 is 0 Å². The fourth-order valence-electron chi connectivity index (χ4n) is 1.33. The van der Waals surface area contributed by atoms with Gasteiger partial charge in [-0.25, -0.2) is 0 Å². The highest BCUT2D eigenvalue weighted by Gasteiger charge is 2.25. The molecule has 1 nitrogen and oxygen atoms in total. The highest BCUT2D eigenvalue weighted by molar-refractivity contribution is 5.32. The molecular weight excluding hydrogens is 184 g/mol.